The molecule has 1 aliphatic carbocycles. The topological polar surface area (TPSA) is 15.3 Å². The summed E-state index contributed by atoms with van der Waals surface area (Å²) in [7, 11) is 2.28. The number of nitrogens with one attached hydrogen (secondary N) is 1. The van der Waals surface area contributed by atoms with Gasteiger partial charge in [0.05, 0.1) is 0 Å². The maximum Gasteiger partial charge on any atom is 0.0420 e. The predicted octanol–water partition coefficient (Wildman–Crippen LogP) is 4.52. The summed E-state index contributed by atoms with van der Waals surface area (Å²) in [5.74, 6) is 0. The number of nitrogens with zero attached hydrogens (tertiary/aromatic N) is 1. The molecule has 21 heavy (non-hydrogen) atoms. The Hall–Kier alpha value is -1.54. The number of fused-ring (bicyclic) bond motifs is 1. The fourth-order valence-corrected chi connectivity index (χ4v) is 3.45. The third-order valence-corrected chi connectivity index (χ3v) is 4.77. The summed E-state index contributed by atoms with van der Waals surface area (Å²) < 4.78 is 0. The van der Waals surface area contributed by atoms with Gasteiger partial charge in [-0.05, 0) is 31.3 Å². The normalized spacial score (nSPS) is 16.5. The van der Waals surface area contributed by atoms with Gasteiger partial charge < -0.3 is 10.2 Å². The van der Waals surface area contributed by atoms with E-state index in [1.807, 2.05) is 0 Å². The van der Waals surface area contributed by atoms with Crippen LogP contribution < -0.4 is 5.32 Å². The van der Waals surface area contributed by atoms with Gasteiger partial charge in [-0.2, -0.15) is 0 Å². The SMILES string of the molecule is CN(CCNc1cccc2ccccc12)C1CCCCC1. The third-order valence-electron chi connectivity index (χ3n) is 4.77. The van der Waals surface area contributed by atoms with Gasteiger partial charge in [-0.25, -0.2) is 0 Å². The highest BCUT2D eigenvalue weighted by molar-refractivity contribution is 5.93. The summed E-state index contributed by atoms with van der Waals surface area (Å²) >= 11 is 0. The summed E-state index contributed by atoms with van der Waals surface area (Å²) in [5, 5.41) is 6.24. The quantitative estimate of drug-likeness (QED) is 0.867. The molecule has 2 aromatic rings. The van der Waals surface area contributed by atoms with Crippen molar-refractivity contribution >= 4 is 16.5 Å². The molecule has 0 spiro atoms. The Kier molecular flexibility index (Phi) is 4.76. The van der Waals surface area contributed by atoms with Gasteiger partial charge >= 0.3 is 0 Å². The lowest BCUT2D eigenvalue weighted by atomic mass is 9.94. The van der Waals surface area contributed by atoms with Crippen LogP contribution in [0.5, 0.6) is 0 Å². The first-order valence-electron chi connectivity index (χ1n) is 8.26. The molecule has 2 nitrogen and oxygen atoms in total. The van der Waals surface area contributed by atoms with E-state index in [1.54, 1.807) is 0 Å². The van der Waals surface area contributed by atoms with Crippen LogP contribution in [0.2, 0.25) is 0 Å². The molecule has 0 aliphatic heterocycles. The lowest BCUT2D eigenvalue weighted by Gasteiger charge is -2.31. The van der Waals surface area contributed by atoms with Gasteiger partial charge in [0.1, 0.15) is 0 Å². The maximum atomic E-state index is 3.62. The Morgan fingerprint density at radius 3 is 2.62 bits per heavy atom. The minimum atomic E-state index is 0.799. The van der Waals surface area contributed by atoms with Crippen molar-refractivity contribution in [2.24, 2.45) is 0 Å². The Balaban J connectivity index is 1.56. The van der Waals surface area contributed by atoms with Crippen molar-refractivity contribution in [2.75, 3.05) is 25.5 Å². The average molecular weight is 282 g/mol. The number of hydrogen-bond acceptors (Lipinski definition) is 2. The van der Waals surface area contributed by atoms with Crippen LogP contribution in [0.15, 0.2) is 42.5 Å². The molecular formula is C19H26N2. The highest BCUT2D eigenvalue weighted by atomic mass is 15.1. The molecule has 1 aliphatic rings. The molecule has 1 saturated carbocycles. The standard InChI is InChI=1S/C19H26N2/c1-21(17-10-3-2-4-11-17)15-14-20-19-13-7-9-16-8-5-6-12-18(16)19/h5-9,12-13,17,20H,2-4,10-11,14-15H2,1H3. The second kappa shape index (κ2) is 6.95. The van der Waals surface area contributed by atoms with Crippen LogP contribution in [-0.2, 0) is 0 Å². The number of anilines is 1. The van der Waals surface area contributed by atoms with E-state index < -0.39 is 0 Å². The summed E-state index contributed by atoms with van der Waals surface area (Å²) in [6.07, 6.45) is 7.01. The molecule has 0 aromatic heterocycles. The van der Waals surface area contributed by atoms with Crippen molar-refractivity contribution in [3.63, 3.8) is 0 Å². The van der Waals surface area contributed by atoms with Gasteiger partial charge in [0, 0.05) is 30.2 Å². The van der Waals surface area contributed by atoms with Crippen LogP contribution in [0.25, 0.3) is 10.8 Å². The zero-order valence-corrected chi connectivity index (χ0v) is 13.0. The maximum absolute atomic E-state index is 3.62. The molecule has 2 heteroatoms. The molecule has 0 heterocycles. The molecule has 0 radical (unpaired) electrons. The molecule has 3 rings (SSSR count). The third kappa shape index (κ3) is 3.56. The van der Waals surface area contributed by atoms with Crippen molar-refractivity contribution in [3.05, 3.63) is 42.5 Å². The van der Waals surface area contributed by atoms with Crippen LogP contribution in [0.3, 0.4) is 0 Å². The minimum Gasteiger partial charge on any atom is -0.383 e. The van der Waals surface area contributed by atoms with Crippen LogP contribution in [0, 0.1) is 0 Å². The highest BCUT2D eigenvalue weighted by Gasteiger charge is 2.17. The molecular weight excluding hydrogens is 256 g/mol. The Morgan fingerprint density at radius 1 is 1.00 bits per heavy atom. The molecule has 0 unspecified atom stereocenters. The van der Waals surface area contributed by atoms with Crippen molar-refractivity contribution in [2.45, 2.75) is 38.1 Å². The Labute approximate surface area is 128 Å². The zero-order chi connectivity index (χ0) is 14.5. The second-order valence-corrected chi connectivity index (χ2v) is 6.23. The van der Waals surface area contributed by atoms with Gasteiger partial charge in [0.2, 0.25) is 0 Å². The molecule has 1 fully saturated rings. The van der Waals surface area contributed by atoms with E-state index in [0.29, 0.717) is 0 Å². The van der Waals surface area contributed by atoms with Crippen molar-refractivity contribution in [1.29, 1.82) is 0 Å². The molecule has 0 atom stereocenters. The number of benzene rings is 2. The van der Waals surface area contributed by atoms with Crippen molar-refractivity contribution in [1.82, 2.24) is 4.90 Å². The monoisotopic (exact) mass is 282 g/mol. The van der Waals surface area contributed by atoms with E-state index in [2.05, 4.69) is 59.7 Å². The number of likely N-dealkylation sites (N-methyl/N-ethyl adjacent to an activating group) is 1. The van der Waals surface area contributed by atoms with Gasteiger partial charge in [0.25, 0.3) is 0 Å². The van der Waals surface area contributed by atoms with E-state index in [1.165, 1.54) is 48.6 Å². The van der Waals surface area contributed by atoms with Crippen molar-refractivity contribution < 1.29 is 0 Å². The minimum absolute atomic E-state index is 0.799. The van der Waals surface area contributed by atoms with E-state index in [0.717, 1.165) is 19.1 Å². The van der Waals surface area contributed by atoms with Gasteiger partial charge in [-0.1, -0.05) is 55.7 Å². The Bertz CT molecular complexity index is 567. The number of hydrogen-bond donors (Lipinski definition) is 1. The smallest absolute Gasteiger partial charge is 0.0420 e. The average Bonchev–Trinajstić information content (AvgIpc) is 2.56. The van der Waals surface area contributed by atoms with Gasteiger partial charge in [0.15, 0.2) is 0 Å². The number of rotatable bonds is 5. The molecule has 0 bridgehead atoms. The zero-order valence-electron chi connectivity index (χ0n) is 13.0. The fraction of sp³-hybridized carbons (Fsp3) is 0.474. The summed E-state index contributed by atoms with van der Waals surface area (Å²) in [4.78, 5) is 2.54. The fourth-order valence-electron chi connectivity index (χ4n) is 3.45. The van der Waals surface area contributed by atoms with Crippen LogP contribution in [0.4, 0.5) is 5.69 Å². The summed E-state index contributed by atoms with van der Waals surface area (Å²) in [6.45, 7) is 2.13. The molecule has 0 amide bonds. The predicted molar refractivity (Wildman–Crippen MR) is 91.9 cm³/mol. The van der Waals surface area contributed by atoms with Gasteiger partial charge in [-0.15, -0.1) is 0 Å². The van der Waals surface area contributed by atoms with E-state index in [4.69, 9.17) is 0 Å². The van der Waals surface area contributed by atoms with E-state index in [-0.39, 0.29) is 0 Å². The van der Waals surface area contributed by atoms with Crippen LogP contribution in [-0.4, -0.2) is 31.1 Å². The first-order valence-corrected chi connectivity index (χ1v) is 8.26. The Morgan fingerprint density at radius 2 is 1.76 bits per heavy atom. The second-order valence-electron chi connectivity index (χ2n) is 6.23. The molecule has 2 aromatic carbocycles. The van der Waals surface area contributed by atoms with Crippen LogP contribution in [0.1, 0.15) is 32.1 Å². The lowest BCUT2D eigenvalue weighted by Crippen LogP contribution is -2.36. The van der Waals surface area contributed by atoms with E-state index >= 15 is 0 Å². The van der Waals surface area contributed by atoms with Crippen LogP contribution >= 0.6 is 0 Å². The van der Waals surface area contributed by atoms with E-state index in [9.17, 15) is 0 Å². The first kappa shape index (κ1) is 14.4. The lowest BCUT2D eigenvalue weighted by molar-refractivity contribution is 0.198. The first-order chi connectivity index (χ1) is 10.3. The largest absolute Gasteiger partial charge is 0.383 e. The molecule has 0 saturated heterocycles. The molecule has 112 valence electrons. The van der Waals surface area contributed by atoms with Gasteiger partial charge in [-0.3, -0.25) is 0 Å². The molecule has 1 N–H and O–H groups in total. The highest BCUT2D eigenvalue weighted by Crippen LogP contribution is 2.23. The summed E-state index contributed by atoms with van der Waals surface area (Å²) in [6, 6.07) is 15.9. The van der Waals surface area contributed by atoms with Crippen molar-refractivity contribution in [3.8, 4) is 0 Å². The summed E-state index contributed by atoms with van der Waals surface area (Å²) in [5.41, 5.74) is 1.25.